The van der Waals surface area contributed by atoms with Gasteiger partial charge >= 0.3 is 0 Å². The molecular formula is C52H40N4. The van der Waals surface area contributed by atoms with Crippen molar-refractivity contribution in [3.63, 3.8) is 0 Å². The van der Waals surface area contributed by atoms with E-state index in [1.807, 2.05) is 48.5 Å². The predicted molar refractivity (Wildman–Crippen MR) is 227 cm³/mol. The molecule has 4 saturated carbocycles. The van der Waals surface area contributed by atoms with Crippen LogP contribution < -0.4 is 0 Å². The molecule has 4 aliphatic carbocycles. The van der Waals surface area contributed by atoms with Crippen LogP contribution in [0, 0.1) is 29.1 Å². The van der Waals surface area contributed by atoms with Crippen molar-refractivity contribution in [3.05, 3.63) is 163 Å². The smallest absolute Gasteiger partial charge is 0.164 e. The molecule has 0 radical (unpaired) electrons. The third-order valence-electron chi connectivity index (χ3n) is 13.1. The lowest BCUT2D eigenvalue weighted by atomic mass is 9.48. The number of benzene rings is 7. The van der Waals surface area contributed by atoms with Gasteiger partial charge in [0, 0.05) is 16.7 Å². The molecule has 4 fully saturated rings. The van der Waals surface area contributed by atoms with Crippen LogP contribution in [-0.2, 0) is 5.41 Å². The second-order valence-corrected chi connectivity index (χ2v) is 16.6. The normalized spacial score (nSPS) is 21.0. The van der Waals surface area contributed by atoms with Crippen molar-refractivity contribution in [2.45, 2.75) is 43.9 Å². The lowest BCUT2D eigenvalue weighted by Crippen LogP contribution is -2.48. The summed E-state index contributed by atoms with van der Waals surface area (Å²) in [6.45, 7) is 0. The fraction of sp³-hybridized carbons (Fsp3) is 0.192. The monoisotopic (exact) mass is 720 g/mol. The zero-order chi connectivity index (χ0) is 37.2. The molecule has 0 N–H and O–H groups in total. The van der Waals surface area contributed by atoms with Gasteiger partial charge in [-0.05, 0) is 123 Å². The van der Waals surface area contributed by atoms with E-state index in [1.165, 1.54) is 76.8 Å². The zero-order valence-electron chi connectivity index (χ0n) is 31.2. The third kappa shape index (κ3) is 5.53. The molecular weight excluding hydrogens is 681 g/mol. The zero-order valence-corrected chi connectivity index (χ0v) is 31.2. The molecule has 1 heterocycles. The van der Waals surface area contributed by atoms with Crippen LogP contribution >= 0.6 is 0 Å². The minimum Gasteiger partial charge on any atom is -0.208 e. The summed E-state index contributed by atoms with van der Waals surface area (Å²) in [6.07, 6.45) is 8.56. The van der Waals surface area contributed by atoms with E-state index < -0.39 is 0 Å². The van der Waals surface area contributed by atoms with Gasteiger partial charge in [-0.1, -0.05) is 140 Å². The molecule has 0 saturated heterocycles. The van der Waals surface area contributed by atoms with Crippen molar-refractivity contribution < 1.29 is 0 Å². The Labute approximate surface area is 327 Å². The fourth-order valence-corrected chi connectivity index (χ4v) is 11.1. The molecule has 4 aliphatic rings. The molecule has 1 aromatic heterocycles. The standard InChI is InChI=1S/C52H40N4/c53-32-33-9-8-12-41(28-33)51-55-49(39-10-2-1-3-11-39)54-50(56-51)40-19-17-37(18-20-40)47-43-13-4-6-15-45(43)48(46-16-7-5-14-44(46)47)38-21-23-42(24-22-38)52-29-34-25-35(30-52)27-36(26-34)31-52/h1-24,28,34-36H,25-27,29-31H2/t34-,35+,36-,52?. The summed E-state index contributed by atoms with van der Waals surface area (Å²) in [7, 11) is 0. The molecule has 0 aliphatic heterocycles. The number of nitrogens with zero attached hydrogens (tertiary/aromatic N) is 4. The summed E-state index contributed by atoms with van der Waals surface area (Å²) in [5, 5.41) is 14.6. The van der Waals surface area contributed by atoms with Gasteiger partial charge in [-0.3, -0.25) is 0 Å². The minimum atomic E-state index is 0.391. The predicted octanol–water partition coefficient (Wildman–Crippen LogP) is 12.9. The first-order valence-corrected chi connectivity index (χ1v) is 20.1. The molecule has 56 heavy (non-hydrogen) atoms. The summed E-state index contributed by atoms with van der Waals surface area (Å²) in [4.78, 5) is 14.8. The average Bonchev–Trinajstić information content (AvgIpc) is 3.25. The maximum absolute atomic E-state index is 9.59. The van der Waals surface area contributed by atoms with E-state index in [2.05, 4.69) is 103 Å². The Morgan fingerprint density at radius 2 is 0.839 bits per heavy atom. The van der Waals surface area contributed by atoms with Gasteiger partial charge in [0.15, 0.2) is 17.5 Å². The van der Waals surface area contributed by atoms with Gasteiger partial charge in [0.25, 0.3) is 0 Å². The Kier molecular flexibility index (Phi) is 7.71. The Hall–Kier alpha value is -6.44. The molecule has 0 unspecified atom stereocenters. The molecule has 268 valence electrons. The molecule has 0 amide bonds. The summed E-state index contributed by atoms with van der Waals surface area (Å²) in [6, 6.07) is 55.9. The summed E-state index contributed by atoms with van der Waals surface area (Å²) >= 11 is 0. The number of nitriles is 1. The molecule has 4 heteroatoms. The van der Waals surface area contributed by atoms with Gasteiger partial charge in [0.05, 0.1) is 11.6 Å². The average molecular weight is 721 g/mol. The van der Waals surface area contributed by atoms with Crippen molar-refractivity contribution in [2.75, 3.05) is 0 Å². The number of fused-ring (bicyclic) bond motifs is 2. The summed E-state index contributed by atoms with van der Waals surface area (Å²) < 4.78 is 0. The van der Waals surface area contributed by atoms with Crippen molar-refractivity contribution in [3.8, 4) is 62.5 Å². The van der Waals surface area contributed by atoms with Gasteiger partial charge in [-0.25, -0.2) is 15.0 Å². The van der Waals surface area contributed by atoms with Gasteiger partial charge in [-0.2, -0.15) is 5.26 Å². The Morgan fingerprint density at radius 1 is 0.429 bits per heavy atom. The Bertz CT molecular complexity index is 2740. The maximum atomic E-state index is 9.59. The van der Waals surface area contributed by atoms with E-state index in [0.29, 0.717) is 28.5 Å². The van der Waals surface area contributed by atoms with Crippen LogP contribution in [0.4, 0.5) is 0 Å². The largest absolute Gasteiger partial charge is 0.208 e. The van der Waals surface area contributed by atoms with Crippen molar-refractivity contribution in [1.29, 1.82) is 5.26 Å². The quantitative estimate of drug-likeness (QED) is 0.160. The van der Waals surface area contributed by atoms with Gasteiger partial charge in [-0.15, -0.1) is 0 Å². The highest BCUT2D eigenvalue weighted by Crippen LogP contribution is 2.61. The highest BCUT2D eigenvalue weighted by molar-refractivity contribution is 6.21. The molecule has 4 bridgehead atoms. The number of rotatable bonds is 6. The fourth-order valence-electron chi connectivity index (χ4n) is 11.1. The van der Waals surface area contributed by atoms with Crippen LogP contribution in [0.1, 0.15) is 49.7 Å². The summed E-state index contributed by atoms with van der Waals surface area (Å²) in [5.41, 5.74) is 10.1. The van der Waals surface area contributed by atoms with E-state index in [9.17, 15) is 5.26 Å². The SMILES string of the molecule is N#Cc1cccc(-c2nc(-c3ccccc3)nc(-c3ccc(-c4c5ccccc5c(-c5ccc(C67C[C@H]8C[C@@H](C6)C[C@@H](C7)C8)cc5)c5ccccc45)cc3)n2)c1. The van der Waals surface area contributed by atoms with E-state index in [4.69, 9.17) is 15.0 Å². The van der Waals surface area contributed by atoms with Gasteiger partial charge in [0.1, 0.15) is 0 Å². The van der Waals surface area contributed by atoms with Crippen LogP contribution in [0.15, 0.2) is 152 Å². The van der Waals surface area contributed by atoms with Crippen LogP contribution in [0.3, 0.4) is 0 Å². The topological polar surface area (TPSA) is 62.5 Å². The first kappa shape index (κ1) is 32.9. The maximum Gasteiger partial charge on any atom is 0.164 e. The summed E-state index contributed by atoms with van der Waals surface area (Å²) in [5.74, 6) is 4.52. The second kappa shape index (κ2) is 13.1. The molecule has 0 spiro atoms. The lowest BCUT2D eigenvalue weighted by molar-refractivity contribution is -0.00518. The number of hydrogen-bond donors (Lipinski definition) is 0. The first-order valence-electron chi connectivity index (χ1n) is 20.1. The van der Waals surface area contributed by atoms with Crippen LogP contribution in [-0.4, -0.2) is 15.0 Å². The Balaban J connectivity index is 1.00. The lowest BCUT2D eigenvalue weighted by Gasteiger charge is -2.57. The van der Waals surface area contributed by atoms with E-state index in [0.717, 1.165) is 40.0 Å². The second-order valence-electron chi connectivity index (χ2n) is 16.6. The van der Waals surface area contributed by atoms with Crippen LogP contribution in [0.25, 0.3) is 78.0 Å². The first-order chi connectivity index (χ1) is 27.6. The molecule has 4 nitrogen and oxygen atoms in total. The third-order valence-corrected chi connectivity index (χ3v) is 13.1. The van der Waals surface area contributed by atoms with Crippen LogP contribution in [0.2, 0.25) is 0 Å². The highest BCUT2D eigenvalue weighted by Gasteiger charge is 2.51. The molecule has 8 aromatic rings. The van der Waals surface area contributed by atoms with E-state index in [-0.39, 0.29) is 0 Å². The molecule has 7 aromatic carbocycles. The molecule has 12 rings (SSSR count). The Morgan fingerprint density at radius 3 is 1.34 bits per heavy atom. The molecule has 0 atom stereocenters. The van der Waals surface area contributed by atoms with Crippen molar-refractivity contribution in [2.24, 2.45) is 17.8 Å². The van der Waals surface area contributed by atoms with Crippen LogP contribution in [0.5, 0.6) is 0 Å². The number of aromatic nitrogens is 3. The highest BCUT2D eigenvalue weighted by atomic mass is 15.0. The van der Waals surface area contributed by atoms with E-state index in [1.54, 1.807) is 11.6 Å². The van der Waals surface area contributed by atoms with Gasteiger partial charge in [0.2, 0.25) is 0 Å². The van der Waals surface area contributed by atoms with Crippen molar-refractivity contribution in [1.82, 2.24) is 15.0 Å². The number of hydrogen-bond acceptors (Lipinski definition) is 4. The van der Waals surface area contributed by atoms with E-state index >= 15 is 0 Å². The van der Waals surface area contributed by atoms with Gasteiger partial charge < -0.3 is 0 Å². The van der Waals surface area contributed by atoms with Crippen molar-refractivity contribution >= 4 is 21.5 Å². The minimum absolute atomic E-state index is 0.391.